The molecule has 4 N–H and O–H groups in total. The number of carbonyl (C=O) groups excluding carboxylic acids is 2. The molecule has 0 unspecified atom stereocenters. The number of aliphatic hydroxyl groups is 2. The molecule has 4 atom stereocenters. The van der Waals surface area contributed by atoms with Crippen LogP contribution in [-0.4, -0.2) is 70.5 Å². The zero-order valence-electron chi connectivity index (χ0n) is 33.0. The number of nitrogens with one attached hydrogen (secondary N) is 2. The molecule has 0 saturated carbocycles. The van der Waals surface area contributed by atoms with E-state index in [1.807, 2.05) is 24.3 Å². The Hall–Kier alpha value is -5.28. The number of rotatable bonds is 20. The molecule has 0 fully saturated rings. The summed E-state index contributed by atoms with van der Waals surface area (Å²) in [6.07, 6.45) is -1.16. The summed E-state index contributed by atoms with van der Waals surface area (Å²) >= 11 is 24.3. The highest BCUT2D eigenvalue weighted by molar-refractivity contribution is 6.31. The van der Waals surface area contributed by atoms with Crippen molar-refractivity contribution in [3.63, 3.8) is 0 Å². The van der Waals surface area contributed by atoms with Gasteiger partial charge in [-0.25, -0.2) is 19.6 Å². The summed E-state index contributed by atoms with van der Waals surface area (Å²) in [7, 11) is 0. The van der Waals surface area contributed by atoms with Gasteiger partial charge in [0.15, 0.2) is 0 Å². The molecule has 16 heteroatoms. The van der Waals surface area contributed by atoms with Gasteiger partial charge in [0.05, 0.1) is 12.2 Å². The number of esters is 2. The highest BCUT2D eigenvalue weighted by atomic mass is 35.5. The smallest absolute Gasteiger partial charge is 0.417 e. The van der Waals surface area contributed by atoms with Crippen molar-refractivity contribution in [1.29, 1.82) is 0 Å². The third kappa shape index (κ3) is 15.0. The molecule has 12 nitrogen and oxygen atoms in total. The SMILES string of the molecule is O=C(OC[C@H](Cc1ccc(Oc2cccc(Cl)n2)cc1)NC[C@@H](O)c1cccc(Cl)c1)C(=O)OC[C@H](Cc1ccc(Oc2cccc(Cl)n2)cc1)NC[C@@H](O)c1cccc(Cl)c1. The Balaban J connectivity index is 1.08. The summed E-state index contributed by atoms with van der Waals surface area (Å²) in [4.78, 5) is 34.4. The molecular formula is C46H42Cl4N4O8. The van der Waals surface area contributed by atoms with E-state index in [1.54, 1.807) is 109 Å². The van der Waals surface area contributed by atoms with Crippen molar-refractivity contribution >= 4 is 58.3 Å². The second-order valence-corrected chi connectivity index (χ2v) is 15.7. The summed E-state index contributed by atoms with van der Waals surface area (Å²) in [5, 5.41) is 29.9. The predicted octanol–water partition coefficient (Wildman–Crippen LogP) is 8.93. The molecule has 2 heterocycles. The minimum absolute atomic E-state index is 0.0909. The number of ether oxygens (including phenoxy) is 4. The first-order chi connectivity index (χ1) is 29.9. The van der Waals surface area contributed by atoms with E-state index in [2.05, 4.69) is 20.6 Å². The molecular weight excluding hydrogens is 878 g/mol. The Kier molecular flexibility index (Phi) is 17.3. The first-order valence-corrected chi connectivity index (χ1v) is 20.9. The number of aliphatic hydroxyl groups excluding tert-OH is 2. The van der Waals surface area contributed by atoms with Gasteiger partial charge in [-0.1, -0.05) is 107 Å². The maximum absolute atomic E-state index is 13.1. The third-order valence-corrected chi connectivity index (χ3v) is 10.2. The number of benzene rings is 4. The molecule has 6 rings (SSSR count). The molecule has 0 spiro atoms. The van der Waals surface area contributed by atoms with Crippen molar-refractivity contribution < 1.29 is 38.7 Å². The summed E-state index contributed by atoms with van der Waals surface area (Å²) in [6, 6.07) is 37.2. The number of carbonyl (C=O) groups is 2. The monoisotopic (exact) mass is 918 g/mol. The van der Waals surface area contributed by atoms with Crippen LogP contribution >= 0.6 is 46.4 Å². The van der Waals surface area contributed by atoms with Gasteiger partial charge in [-0.15, -0.1) is 0 Å². The summed E-state index contributed by atoms with van der Waals surface area (Å²) in [5.41, 5.74) is 2.89. The highest BCUT2D eigenvalue weighted by Crippen LogP contribution is 2.24. The number of hydrogen-bond donors (Lipinski definition) is 4. The molecule has 0 bridgehead atoms. The fraction of sp³-hybridized carbons (Fsp3) is 0.217. The van der Waals surface area contributed by atoms with Crippen LogP contribution in [0.5, 0.6) is 23.3 Å². The average Bonchev–Trinajstić information content (AvgIpc) is 3.26. The Bertz CT molecular complexity index is 2230. The van der Waals surface area contributed by atoms with E-state index in [0.29, 0.717) is 67.6 Å². The van der Waals surface area contributed by atoms with Gasteiger partial charge in [0.25, 0.3) is 0 Å². The number of hydrogen-bond acceptors (Lipinski definition) is 12. The van der Waals surface area contributed by atoms with Crippen LogP contribution in [0.2, 0.25) is 20.4 Å². The Morgan fingerprint density at radius 3 is 1.29 bits per heavy atom. The lowest BCUT2D eigenvalue weighted by Crippen LogP contribution is -2.41. The Morgan fingerprint density at radius 2 is 0.919 bits per heavy atom. The van der Waals surface area contributed by atoms with Crippen LogP contribution in [-0.2, 0) is 31.9 Å². The van der Waals surface area contributed by atoms with Crippen LogP contribution in [0.1, 0.15) is 34.5 Å². The van der Waals surface area contributed by atoms with Gasteiger partial charge >= 0.3 is 11.9 Å². The molecule has 322 valence electrons. The van der Waals surface area contributed by atoms with Gasteiger partial charge in [0.2, 0.25) is 11.8 Å². The van der Waals surface area contributed by atoms with Gasteiger partial charge < -0.3 is 39.8 Å². The largest absolute Gasteiger partial charge is 0.456 e. The van der Waals surface area contributed by atoms with Crippen molar-refractivity contribution in [2.45, 2.75) is 37.1 Å². The molecule has 0 saturated heterocycles. The van der Waals surface area contributed by atoms with Crippen LogP contribution < -0.4 is 20.1 Å². The minimum atomic E-state index is -1.20. The standard InChI is InChI=1S/C46H42Cl4N4O8/c47-33-7-1-5-31(23-33)39(55)25-51-35(21-29-13-17-37(18-14-29)61-43-11-3-9-41(49)53-43)27-59-45(57)46(58)60-28-36(52-26-40(56)32-6-2-8-34(48)24-32)22-30-15-19-38(20-16-30)62-44-12-4-10-42(50)54-44/h1-20,23-24,35-36,39-40,51-52,55-56H,21-22,25-28H2/t35-,36-,39+,40+/m0/s1. The van der Waals surface area contributed by atoms with Crippen molar-refractivity contribution in [2.75, 3.05) is 26.3 Å². The lowest BCUT2D eigenvalue weighted by molar-refractivity contribution is -0.168. The maximum atomic E-state index is 13.1. The quantitative estimate of drug-likeness (QED) is 0.0328. The van der Waals surface area contributed by atoms with E-state index in [-0.39, 0.29) is 26.3 Å². The molecule has 0 radical (unpaired) electrons. The number of pyridine rings is 2. The fourth-order valence-electron chi connectivity index (χ4n) is 6.16. The molecule has 0 aliphatic rings. The zero-order chi connectivity index (χ0) is 43.8. The number of nitrogens with zero attached hydrogens (tertiary/aromatic N) is 2. The van der Waals surface area contributed by atoms with Crippen LogP contribution in [0.3, 0.4) is 0 Å². The summed E-state index contributed by atoms with van der Waals surface area (Å²) in [5.74, 6) is -0.657. The first-order valence-electron chi connectivity index (χ1n) is 19.4. The van der Waals surface area contributed by atoms with Gasteiger partial charge in [0, 0.05) is 47.4 Å². The van der Waals surface area contributed by atoms with E-state index in [1.165, 1.54) is 0 Å². The number of halogens is 4. The lowest BCUT2D eigenvalue weighted by Gasteiger charge is -2.22. The highest BCUT2D eigenvalue weighted by Gasteiger charge is 2.24. The summed E-state index contributed by atoms with van der Waals surface area (Å²) < 4.78 is 22.6. The average molecular weight is 921 g/mol. The third-order valence-electron chi connectivity index (χ3n) is 9.30. The van der Waals surface area contributed by atoms with E-state index in [0.717, 1.165) is 11.1 Å². The van der Waals surface area contributed by atoms with E-state index in [4.69, 9.17) is 65.4 Å². The normalized spacial score (nSPS) is 13.1. The van der Waals surface area contributed by atoms with Crippen molar-refractivity contribution in [2.24, 2.45) is 0 Å². The predicted molar refractivity (Wildman–Crippen MR) is 237 cm³/mol. The second-order valence-electron chi connectivity index (χ2n) is 14.0. The molecule has 6 aromatic rings. The maximum Gasteiger partial charge on any atom is 0.417 e. The Morgan fingerprint density at radius 1 is 0.532 bits per heavy atom. The van der Waals surface area contributed by atoms with Gasteiger partial charge in [-0.3, -0.25) is 0 Å². The van der Waals surface area contributed by atoms with Gasteiger partial charge in [-0.2, -0.15) is 0 Å². The van der Waals surface area contributed by atoms with Crippen molar-refractivity contribution in [3.8, 4) is 23.3 Å². The van der Waals surface area contributed by atoms with Crippen LogP contribution in [0, 0.1) is 0 Å². The summed E-state index contributed by atoms with van der Waals surface area (Å²) in [6.45, 7) is -0.276. The lowest BCUT2D eigenvalue weighted by atomic mass is 10.0. The zero-order valence-corrected chi connectivity index (χ0v) is 36.0. The van der Waals surface area contributed by atoms with E-state index in [9.17, 15) is 19.8 Å². The number of aromatic nitrogens is 2. The molecule has 2 aromatic heterocycles. The minimum Gasteiger partial charge on any atom is -0.456 e. The van der Waals surface area contributed by atoms with Gasteiger partial charge in [-0.05, 0) is 95.8 Å². The van der Waals surface area contributed by atoms with Gasteiger partial charge in [0.1, 0.15) is 35.0 Å². The fourth-order valence-corrected chi connectivity index (χ4v) is 6.87. The van der Waals surface area contributed by atoms with E-state index < -0.39 is 36.2 Å². The first kappa shape index (κ1) is 46.2. The van der Waals surface area contributed by atoms with Crippen LogP contribution in [0.4, 0.5) is 0 Å². The topological polar surface area (TPSA) is 161 Å². The van der Waals surface area contributed by atoms with Crippen LogP contribution in [0.15, 0.2) is 133 Å². The molecule has 0 aliphatic carbocycles. The van der Waals surface area contributed by atoms with E-state index >= 15 is 0 Å². The van der Waals surface area contributed by atoms with Crippen LogP contribution in [0.25, 0.3) is 0 Å². The Labute approximate surface area is 378 Å². The van der Waals surface area contributed by atoms with Crippen molar-refractivity contribution in [1.82, 2.24) is 20.6 Å². The molecule has 0 aliphatic heterocycles. The second kappa shape index (κ2) is 23.2. The molecule has 4 aromatic carbocycles. The van der Waals surface area contributed by atoms with Crippen molar-refractivity contribution in [3.05, 3.63) is 176 Å². The molecule has 62 heavy (non-hydrogen) atoms. The molecule has 0 amide bonds.